The van der Waals surface area contributed by atoms with Crippen LogP contribution in [0.15, 0.2) is 71.2 Å². The molecule has 1 aliphatic rings. The molecule has 1 heterocycles. The van der Waals surface area contributed by atoms with Gasteiger partial charge in [-0.15, -0.1) is 0 Å². The highest BCUT2D eigenvalue weighted by atomic mass is 16.5. The fourth-order valence-electron chi connectivity index (χ4n) is 3.01. The predicted octanol–water partition coefficient (Wildman–Crippen LogP) is 4.20. The molecular formula is C22H25N3O2. The Bertz CT molecular complexity index is 814. The first-order valence-electron chi connectivity index (χ1n) is 9.37. The van der Waals surface area contributed by atoms with Crippen molar-refractivity contribution in [3.8, 4) is 0 Å². The van der Waals surface area contributed by atoms with Crippen molar-refractivity contribution in [1.82, 2.24) is 5.43 Å². The van der Waals surface area contributed by atoms with E-state index in [0.717, 1.165) is 42.8 Å². The number of hydrazine groups is 1. The summed E-state index contributed by atoms with van der Waals surface area (Å²) in [5.41, 5.74) is 10.2. The van der Waals surface area contributed by atoms with Gasteiger partial charge in [-0.3, -0.25) is 10.4 Å². The second-order valence-corrected chi connectivity index (χ2v) is 6.24. The summed E-state index contributed by atoms with van der Waals surface area (Å²) in [6.45, 7) is 2.88. The van der Waals surface area contributed by atoms with Gasteiger partial charge in [0.1, 0.15) is 5.57 Å². The lowest BCUT2D eigenvalue weighted by Crippen LogP contribution is -2.28. The number of carbonyl (C=O) groups excluding carboxylic acids is 1. The van der Waals surface area contributed by atoms with Crippen LogP contribution >= 0.6 is 0 Å². The molecule has 3 rings (SSSR count). The van der Waals surface area contributed by atoms with Crippen molar-refractivity contribution in [1.29, 1.82) is 0 Å². The first kappa shape index (κ1) is 18.7. The van der Waals surface area contributed by atoms with E-state index in [-0.39, 0.29) is 5.97 Å². The second-order valence-electron chi connectivity index (χ2n) is 6.24. The number of nitrogens with one attached hydrogen (secondary N) is 2. The van der Waals surface area contributed by atoms with Crippen molar-refractivity contribution in [2.45, 2.75) is 26.2 Å². The van der Waals surface area contributed by atoms with Gasteiger partial charge >= 0.3 is 5.97 Å². The molecule has 140 valence electrons. The maximum atomic E-state index is 12.8. The Morgan fingerprint density at radius 3 is 2.37 bits per heavy atom. The van der Waals surface area contributed by atoms with E-state index in [9.17, 15) is 4.79 Å². The largest absolute Gasteiger partial charge is 0.462 e. The molecule has 5 nitrogen and oxygen atoms in total. The van der Waals surface area contributed by atoms with Crippen LogP contribution in [0, 0.1) is 0 Å². The zero-order valence-corrected chi connectivity index (χ0v) is 15.6. The molecule has 0 fully saturated rings. The normalized spacial score (nSPS) is 14.6. The molecule has 0 saturated heterocycles. The number of nitrogens with zero attached hydrogens (tertiary/aromatic N) is 1. The summed E-state index contributed by atoms with van der Waals surface area (Å²) in [7, 11) is 0. The molecule has 2 aromatic carbocycles. The van der Waals surface area contributed by atoms with Crippen LogP contribution in [0.1, 0.15) is 31.7 Å². The van der Waals surface area contributed by atoms with Crippen molar-refractivity contribution >= 4 is 23.1 Å². The molecule has 0 unspecified atom stereocenters. The molecule has 5 heteroatoms. The summed E-state index contributed by atoms with van der Waals surface area (Å²) in [5.74, 6) is -0.348. The van der Waals surface area contributed by atoms with E-state index in [1.54, 1.807) is 0 Å². The maximum Gasteiger partial charge on any atom is 0.342 e. The summed E-state index contributed by atoms with van der Waals surface area (Å²) >= 11 is 0. The van der Waals surface area contributed by atoms with E-state index >= 15 is 0 Å². The lowest BCUT2D eigenvalue weighted by molar-refractivity contribution is -0.137. The molecule has 0 amide bonds. The Morgan fingerprint density at radius 1 is 1.04 bits per heavy atom. The van der Waals surface area contributed by atoms with Gasteiger partial charge in [0.05, 0.1) is 23.7 Å². The van der Waals surface area contributed by atoms with E-state index < -0.39 is 0 Å². The summed E-state index contributed by atoms with van der Waals surface area (Å²) in [6.07, 6.45) is 2.85. The quantitative estimate of drug-likeness (QED) is 0.440. The van der Waals surface area contributed by atoms with Crippen molar-refractivity contribution in [2.24, 2.45) is 4.99 Å². The zero-order chi connectivity index (χ0) is 18.9. The molecule has 2 N–H and O–H groups in total. The topological polar surface area (TPSA) is 62.7 Å². The molecule has 0 aliphatic carbocycles. The van der Waals surface area contributed by atoms with Crippen LogP contribution in [-0.2, 0) is 9.53 Å². The smallest absolute Gasteiger partial charge is 0.342 e. The van der Waals surface area contributed by atoms with Crippen LogP contribution in [0.5, 0.6) is 0 Å². The number of benzene rings is 2. The van der Waals surface area contributed by atoms with Gasteiger partial charge in [0.15, 0.2) is 0 Å². The number of aliphatic imine (C=N–C) groups is 1. The highest BCUT2D eigenvalue weighted by Gasteiger charge is 2.24. The van der Waals surface area contributed by atoms with Crippen molar-refractivity contribution in [2.75, 3.05) is 18.6 Å². The van der Waals surface area contributed by atoms with Gasteiger partial charge in [0.2, 0.25) is 0 Å². The van der Waals surface area contributed by atoms with Gasteiger partial charge in [-0.1, -0.05) is 48.5 Å². The molecule has 0 saturated carbocycles. The minimum Gasteiger partial charge on any atom is -0.462 e. The Hall–Kier alpha value is -3.08. The van der Waals surface area contributed by atoms with Crippen LogP contribution in [0.3, 0.4) is 0 Å². The fourth-order valence-corrected chi connectivity index (χ4v) is 3.01. The number of para-hydroxylation sites is 1. The summed E-state index contributed by atoms with van der Waals surface area (Å²) in [6, 6.07) is 19.6. The molecule has 1 aliphatic heterocycles. The lowest BCUT2D eigenvalue weighted by Gasteiger charge is -2.21. The number of hydrogen-bond acceptors (Lipinski definition) is 5. The SMILES string of the molecule is CCOC(=O)/C(C1=NCCCC1)=C(\NNc1ccccc1)c1ccccc1. The predicted molar refractivity (Wildman–Crippen MR) is 109 cm³/mol. The first-order chi connectivity index (χ1) is 13.3. The monoisotopic (exact) mass is 363 g/mol. The molecule has 0 atom stereocenters. The summed E-state index contributed by atoms with van der Waals surface area (Å²) < 4.78 is 5.37. The second kappa shape index (κ2) is 9.57. The average molecular weight is 363 g/mol. The van der Waals surface area contributed by atoms with Crippen LogP contribution in [-0.4, -0.2) is 24.8 Å². The molecule has 27 heavy (non-hydrogen) atoms. The van der Waals surface area contributed by atoms with E-state index in [0.29, 0.717) is 17.9 Å². The van der Waals surface area contributed by atoms with Gasteiger partial charge in [0, 0.05) is 12.1 Å². The third-order valence-electron chi connectivity index (χ3n) is 4.31. The van der Waals surface area contributed by atoms with Gasteiger partial charge in [-0.05, 0) is 38.3 Å². The third-order valence-corrected chi connectivity index (χ3v) is 4.31. The van der Waals surface area contributed by atoms with Crippen LogP contribution in [0.25, 0.3) is 5.70 Å². The molecule has 0 aromatic heterocycles. The van der Waals surface area contributed by atoms with Crippen LogP contribution in [0.4, 0.5) is 5.69 Å². The Kier molecular flexibility index (Phi) is 6.63. The molecular weight excluding hydrogens is 338 g/mol. The van der Waals surface area contributed by atoms with Crippen LogP contribution in [0.2, 0.25) is 0 Å². The fraction of sp³-hybridized carbons (Fsp3) is 0.273. The number of carbonyl (C=O) groups is 1. The highest BCUT2D eigenvalue weighted by molar-refractivity contribution is 6.24. The van der Waals surface area contributed by atoms with E-state index in [4.69, 9.17) is 4.74 Å². The van der Waals surface area contributed by atoms with Gasteiger partial charge in [-0.2, -0.15) is 0 Å². The van der Waals surface area contributed by atoms with Crippen molar-refractivity contribution in [3.63, 3.8) is 0 Å². The molecule has 0 bridgehead atoms. The Labute approximate surface area is 160 Å². The van der Waals surface area contributed by atoms with Crippen molar-refractivity contribution < 1.29 is 9.53 Å². The third kappa shape index (κ3) is 4.97. The zero-order valence-electron chi connectivity index (χ0n) is 15.6. The minimum absolute atomic E-state index is 0.323. The van der Waals surface area contributed by atoms with Gasteiger partial charge < -0.3 is 10.2 Å². The number of ether oxygens (including phenoxy) is 1. The Balaban J connectivity index is 2.04. The van der Waals surface area contributed by atoms with Gasteiger partial charge in [-0.25, -0.2) is 4.79 Å². The van der Waals surface area contributed by atoms with E-state index in [1.807, 2.05) is 67.6 Å². The number of rotatable bonds is 7. The summed E-state index contributed by atoms with van der Waals surface area (Å²) in [5, 5.41) is 0. The minimum atomic E-state index is -0.348. The first-order valence-corrected chi connectivity index (χ1v) is 9.37. The molecule has 0 spiro atoms. The standard InChI is InChI=1S/C22H25N3O2/c1-2-27-22(26)20(19-15-9-10-16-23-19)21(17-11-5-3-6-12-17)25-24-18-13-7-4-8-14-18/h3-8,11-14,24-25H,2,9-10,15-16H2,1H3/b21-20-. The van der Waals surface area contributed by atoms with E-state index in [1.165, 1.54) is 0 Å². The van der Waals surface area contributed by atoms with Crippen molar-refractivity contribution in [3.05, 3.63) is 71.8 Å². The Morgan fingerprint density at radius 2 is 1.74 bits per heavy atom. The molecule has 0 radical (unpaired) electrons. The number of esters is 1. The number of anilines is 1. The van der Waals surface area contributed by atoms with Gasteiger partial charge in [0.25, 0.3) is 0 Å². The average Bonchev–Trinajstić information content (AvgIpc) is 2.73. The maximum absolute atomic E-state index is 12.8. The lowest BCUT2D eigenvalue weighted by atomic mass is 9.97. The summed E-state index contributed by atoms with van der Waals surface area (Å²) in [4.78, 5) is 17.5. The molecule has 2 aromatic rings. The highest BCUT2D eigenvalue weighted by Crippen LogP contribution is 2.23. The van der Waals surface area contributed by atoms with Crippen LogP contribution < -0.4 is 10.9 Å². The number of hydrogen-bond donors (Lipinski definition) is 2. The van der Waals surface area contributed by atoms with E-state index in [2.05, 4.69) is 15.8 Å².